The molecule has 0 unspecified atom stereocenters. The van der Waals surface area contributed by atoms with Crippen LogP contribution in [0.4, 0.5) is 0 Å². The van der Waals surface area contributed by atoms with Crippen molar-refractivity contribution in [2.45, 2.75) is 39.0 Å². The molecule has 0 spiro atoms. The van der Waals surface area contributed by atoms with Crippen molar-refractivity contribution in [1.82, 2.24) is 10.3 Å². The summed E-state index contributed by atoms with van der Waals surface area (Å²) in [7, 11) is 0. The van der Waals surface area contributed by atoms with Gasteiger partial charge in [-0.1, -0.05) is 11.6 Å². The first-order valence-electron chi connectivity index (χ1n) is 7.87. The summed E-state index contributed by atoms with van der Waals surface area (Å²) in [5, 5.41) is 12.2. The number of amides is 1. The van der Waals surface area contributed by atoms with Crippen molar-refractivity contribution in [3.05, 3.63) is 40.6 Å². The van der Waals surface area contributed by atoms with Gasteiger partial charge in [0.25, 0.3) is 5.91 Å². The summed E-state index contributed by atoms with van der Waals surface area (Å²) in [5.74, 6) is -0.702. The highest BCUT2D eigenvalue weighted by Gasteiger charge is 2.27. The SMILES string of the molecule is Cc1cc(C)c2nc(C3CC3)cc(C(=O)NCCC(=O)O)c2c1. The van der Waals surface area contributed by atoms with Crippen molar-refractivity contribution in [1.29, 1.82) is 0 Å². The van der Waals surface area contributed by atoms with Gasteiger partial charge in [0, 0.05) is 23.5 Å². The van der Waals surface area contributed by atoms with Crippen LogP contribution in [0.15, 0.2) is 18.2 Å². The zero-order chi connectivity index (χ0) is 16.6. The van der Waals surface area contributed by atoms with E-state index in [2.05, 4.69) is 11.4 Å². The van der Waals surface area contributed by atoms with Gasteiger partial charge in [0.2, 0.25) is 0 Å². The van der Waals surface area contributed by atoms with E-state index in [1.165, 1.54) is 0 Å². The summed E-state index contributed by atoms with van der Waals surface area (Å²) in [6, 6.07) is 5.91. The number of benzene rings is 1. The monoisotopic (exact) mass is 312 g/mol. The molecule has 0 atom stereocenters. The maximum atomic E-state index is 12.5. The molecular formula is C18H20N2O3. The Labute approximate surface area is 134 Å². The molecule has 120 valence electrons. The summed E-state index contributed by atoms with van der Waals surface area (Å²) < 4.78 is 0. The molecule has 2 N–H and O–H groups in total. The number of nitrogens with one attached hydrogen (secondary N) is 1. The van der Waals surface area contributed by atoms with Crippen LogP contribution < -0.4 is 5.32 Å². The highest BCUT2D eigenvalue weighted by Crippen LogP contribution is 2.40. The molecule has 1 saturated carbocycles. The third kappa shape index (κ3) is 3.33. The Morgan fingerprint density at radius 2 is 2.00 bits per heavy atom. The number of aryl methyl sites for hydroxylation is 2. The van der Waals surface area contributed by atoms with E-state index in [-0.39, 0.29) is 18.9 Å². The molecule has 1 fully saturated rings. The van der Waals surface area contributed by atoms with Crippen molar-refractivity contribution >= 4 is 22.8 Å². The Kier molecular flexibility index (Phi) is 4.03. The number of carbonyl (C=O) groups is 2. The number of nitrogens with zero attached hydrogens (tertiary/aromatic N) is 1. The maximum absolute atomic E-state index is 12.5. The highest BCUT2D eigenvalue weighted by atomic mass is 16.4. The quantitative estimate of drug-likeness (QED) is 0.889. The lowest BCUT2D eigenvalue weighted by molar-refractivity contribution is -0.136. The van der Waals surface area contributed by atoms with Gasteiger partial charge in [0.05, 0.1) is 17.5 Å². The first kappa shape index (κ1) is 15.5. The molecule has 5 nitrogen and oxygen atoms in total. The summed E-state index contributed by atoms with van der Waals surface area (Å²) in [6.45, 7) is 4.13. The molecule has 1 amide bonds. The van der Waals surface area contributed by atoms with Crippen molar-refractivity contribution in [3.63, 3.8) is 0 Å². The predicted octanol–water partition coefficient (Wildman–Crippen LogP) is 2.93. The van der Waals surface area contributed by atoms with E-state index < -0.39 is 5.97 Å². The molecule has 1 aromatic carbocycles. The minimum absolute atomic E-state index is 0.0811. The lowest BCUT2D eigenvalue weighted by atomic mass is 10.00. The Balaban J connectivity index is 2.02. The number of aromatic nitrogens is 1. The van der Waals surface area contributed by atoms with E-state index in [1.54, 1.807) is 0 Å². The number of aliphatic carboxylic acids is 1. The van der Waals surface area contributed by atoms with Gasteiger partial charge < -0.3 is 10.4 Å². The van der Waals surface area contributed by atoms with Gasteiger partial charge in [-0.05, 0) is 44.4 Å². The predicted molar refractivity (Wildman–Crippen MR) is 87.8 cm³/mol. The summed E-state index contributed by atoms with van der Waals surface area (Å²) in [4.78, 5) is 27.9. The third-order valence-corrected chi connectivity index (χ3v) is 4.13. The molecule has 3 rings (SSSR count). The molecule has 1 aliphatic rings. The number of fused-ring (bicyclic) bond motifs is 1. The molecule has 23 heavy (non-hydrogen) atoms. The van der Waals surface area contributed by atoms with Crippen molar-refractivity contribution in [3.8, 4) is 0 Å². The second-order valence-corrected chi connectivity index (χ2v) is 6.25. The first-order valence-corrected chi connectivity index (χ1v) is 7.87. The average Bonchev–Trinajstić information content (AvgIpc) is 3.30. The number of hydrogen-bond donors (Lipinski definition) is 2. The lowest BCUT2D eigenvalue weighted by Gasteiger charge is -2.12. The van der Waals surface area contributed by atoms with E-state index in [0.717, 1.165) is 40.6 Å². The largest absolute Gasteiger partial charge is 0.481 e. The second kappa shape index (κ2) is 5.99. The minimum atomic E-state index is -0.921. The molecule has 1 aromatic heterocycles. The van der Waals surface area contributed by atoms with Crippen LogP contribution in [0.5, 0.6) is 0 Å². The number of pyridine rings is 1. The van der Waals surface area contributed by atoms with Crippen LogP contribution in [0.2, 0.25) is 0 Å². The van der Waals surface area contributed by atoms with Gasteiger partial charge in [-0.25, -0.2) is 0 Å². The minimum Gasteiger partial charge on any atom is -0.481 e. The van der Waals surface area contributed by atoms with Crippen molar-refractivity contribution in [2.24, 2.45) is 0 Å². The van der Waals surface area contributed by atoms with E-state index in [1.807, 2.05) is 26.0 Å². The van der Waals surface area contributed by atoms with Crippen LogP contribution >= 0.6 is 0 Å². The number of carboxylic acids is 1. The summed E-state index contributed by atoms with van der Waals surface area (Å²) in [6.07, 6.45) is 2.15. The smallest absolute Gasteiger partial charge is 0.305 e. The van der Waals surface area contributed by atoms with Crippen molar-refractivity contribution in [2.75, 3.05) is 6.54 Å². The number of rotatable bonds is 5. The molecule has 2 aromatic rings. The first-order chi connectivity index (χ1) is 11.0. The van der Waals surface area contributed by atoms with Crippen LogP contribution in [-0.2, 0) is 4.79 Å². The number of carboxylic acid groups (broad SMARTS) is 1. The van der Waals surface area contributed by atoms with E-state index in [9.17, 15) is 9.59 Å². The fourth-order valence-corrected chi connectivity index (χ4v) is 2.85. The highest BCUT2D eigenvalue weighted by molar-refractivity contribution is 6.07. The topological polar surface area (TPSA) is 79.3 Å². The van der Waals surface area contributed by atoms with E-state index in [0.29, 0.717) is 11.5 Å². The Hall–Kier alpha value is -2.43. The van der Waals surface area contributed by atoms with Crippen LogP contribution in [0, 0.1) is 13.8 Å². The normalized spacial score (nSPS) is 14.0. The van der Waals surface area contributed by atoms with Crippen LogP contribution in [0.25, 0.3) is 10.9 Å². The van der Waals surface area contributed by atoms with E-state index in [4.69, 9.17) is 10.1 Å². The van der Waals surface area contributed by atoms with Crippen LogP contribution in [0.3, 0.4) is 0 Å². The van der Waals surface area contributed by atoms with Gasteiger partial charge in [0.1, 0.15) is 0 Å². The molecule has 5 heteroatoms. The van der Waals surface area contributed by atoms with Crippen LogP contribution in [0.1, 0.15) is 52.4 Å². The Bertz CT molecular complexity index is 794. The van der Waals surface area contributed by atoms with Gasteiger partial charge in [0.15, 0.2) is 0 Å². The number of carbonyl (C=O) groups excluding carboxylic acids is 1. The maximum Gasteiger partial charge on any atom is 0.305 e. The van der Waals surface area contributed by atoms with Crippen LogP contribution in [-0.4, -0.2) is 28.5 Å². The molecule has 1 aliphatic carbocycles. The molecule has 0 aliphatic heterocycles. The van der Waals surface area contributed by atoms with Gasteiger partial charge in [-0.2, -0.15) is 0 Å². The van der Waals surface area contributed by atoms with E-state index >= 15 is 0 Å². The molecular weight excluding hydrogens is 292 g/mol. The fraction of sp³-hybridized carbons (Fsp3) is 0.389. The fourth-order valence-electron chi connectivity index (χ4n) is 2.85. The Morgan fingerprint density at radius 1 is 1.26 bits per heavy atom. The molecule has 1 heterocycles. The molecule has 0 bridgehead atoms. The third-order valence-electron chi connectivity index (χ3n) is 4.13. The zero-order valence-corrected chi connectivity index (χ0v) is 13.3. The zero-order valence-electron chi connectivity index (χ0n) is 13.3. The number of hydrogen-bond acceptors (Lipinski definition) is 3. The molecule has 0 saturated heterocycles. The molecule has 0 radical (unpaired) electrons. The van der Waals surface area contributed by atoms with Gasteiger partial charge in [-0.15, -0.1) is 0 Å². The summed E-state index contributed by atoms with van der Waals surface area (Å²) in [5.41, 5.74) is 4.56. The van der Waals surface area contributed by atoms with Crippen molar-refractivity contribution < 1.29 is 14.7 Å². The second-order valence-electron chi connectivity index (χ2n) is 6.25. The van der Waals surface area contributed by atoms with Gasteiger partial charge in [-0.3, -0.25) is 14.6 Å². The standard InChI is InChI=1S/C18H20N2O3/c1-10-7-11(2)17-13(8-10)14(9-15(20-17)12-3-4-12)18(23)19-6-5-16(21)22/h7-9,12H,3-6H2,1-2H3,(H,19,23)(H,21,22). The lowest BCUT2D eigenvalue weighted by Crippen LogP contribution is -2.26. The average molecular weight is 312 g/mol. The summed E-state index contributed by atoms with van der Waals surface area (Å²) >= 11 is 0. The van der Waals surface area contributed by atoms with Gasteiger partial charge >= 0.3 is 5.97 Å². The Morgan fingerprint density at radius 3 is 2.65 bits per heavy atom.